The summed E-state index contributed by atoms with van der Waals surface area (Å²) in [6, 6.07) is 0. The summed E-state index contributed by atoms with van der Waals surface area (Å²) in [5.41, 5.74) is 0. The van der Waals surface area contributed by atoms with Gasteiger partial charge in [-0.2, -0.15) is 0 Å². The van der Waals surface area contributed by atoms with Crippen molar-refractivity contribution in [2.24, 2.45) is 11.8 Å². The van der Waals surface area contributed by atoms with Crippen molar-refractivity contribution in [2.75, 3.05) is 13.2 Å². The van der Waals surface area contributed by atoms with Gasteiger partial charge in [-0.3, -0.25) is 14.4 Å². The molecule has 1 unspecified atom stereocenters. The van der Waals surface area contributed by atoms with Crippen LogP contribution in [0.3, 0.4) is 0 Å². The molecule has 0 spiro atoms. The smallest absolute Gasteiger partial charge is 0.306 e. The van der Waals surface area contributed by atoms with Gasteiger partial charge in [-0.15, -0.1) is 0 Å². The van der Waals surface area contributed by atoms with Gasteiger partial charge in [0.05, 0.1) is 0 Å². The van der Waals surface area contributed by atoms with Crippen LogP contribution in [-0.2, 0) is 28.6 Å². The molecule has 2 atom stereocenters. The van der Waals surface area contributed by atoms with Crippen LogP contribution in [0.5, 0.6) is 0 Å². The van der Waals surface area contributed by atoms with E-state index in [1.165, 1.54) is 161 Å². The zero-order valence-electron chi connectivity index (χ0n) is 38.3. The van der Waals surface area contributed by atoms with Crippen molar-refractivity contribution < 1.29 is 28.6 Å². The molecule has 0 aromatic rings. The Morgan fingerprint density at radius 1 is 0.375 bits per heavy atom. The predicted molar refractivity (Wildman–Crippen MR) is 238 cm³/mol. The molecule has 0 amide bonds. The average molecular weight is 793 g/mol. The number of carbonyl (C=O) groups excluding carboxylic acids is 3. The molecule has 6 nitrogen and oxygen atoms in total. The van der Waals surface area contributed by atoms with Crippen LogP contribution in [-0.4, -0.2) is 37.2 Å². The van der Waals surface area contributed by atoms with Gasteiger partial charge in [-0.05, 0) is 31.1 Å². The third-order valence-electron chi connectivity index (χ3n) is 11.6. The average Bonchev–Trinajstić information content (AvgIpc) is 3.18. The number of unbranched alkanes of at least 4 members (excludes halogenated alkanes) is 28. The summed E-state index contributed by atoms with van der Waals surface area (Å²) in [5, 5.41) is 0. The van der Waals surface area contributed by atoms with Gasteiger partial charge in [0, 0.05) is 19.3 Å². The summed E-state index contributed by atoms with van der Waals surface area (Å²) >= 11 is 0. The van der Waals surface area contributed by atoms with Gasteiger partial charge in [-0.1, -0.05) is 234 Å². The molecule has 0 saturated carbocycles. The van der Waals surface area contributed by atoms with E-state index in [0.717, 1.165) is 69.6 Å². The number of hydrogen-bond donors (Lipinski definition) is 0. The molecule has 0 aliphatic rings. The highest BCUT2D eigenvalue weighted by atomic mass is 16.6. The molecule has 0 radical (unpaired) electrons. The molecule has 0 bridgehead atoms. The molecule has 0 fully saturated rings. The van der Waals surface area contributed by atoms with Crippen LogP contribution in [0.25, 0.3) is 0 Å². The lowest BCUT2D eigenvalue weighted by Gasteiger charge is -2.18. The zero-order valence-corrected chi connectivity index (χ0v) is 38.3. The van der Waals surface area contributed by atoms with Gasteiger partial charge < -0.3 is 14.2 Å². The first kappa shape index (κ1) is 54.4. The topological polar surface area (TPSA) is 78.9 Å². The van der Waals surface area contributed by atoms with Crippen LogP contribution in [0, 0.1) is 11.8 Å². The lowest BCUT2D eigenvalue weighted by molar-refractivity contribution is -0.167. The fourth-order valence-electron chi connectivity index (χ4n) is 7.43. The van der Waals surface area contributed by atoms with Crippen molar-refractivity contribution >= 4 is 17.9 Å². The maximum Gasteiger partial charge on any atom is 0.306 e. The Hall–Kier alpha value is -1.59. The van der Waals surface area contributed by atoms with Crippen molar-refractivity contribution in [3.63, 3.8) is 0 Å². The van der Waals surface area contributed by atoms with Crippen LogP contribution >= 0.6 is 0 Å². The van der Waals surface area contributed by atoms with Gasteiger partial charge in [0.1, 0.15) is 13.2 Å². The Bertz CT molecular complexity index is 856. The van der Waals surface area contributed by atoms with Crippen LogP contribution in [0.4, 0.5) is 0 Å². The number of rotatable bonds is 44. The van der Waals surface area contributed by atoms with Crippen LogP contribution in [0.15, 0.2) is 0 Å². The second-order valence-electron chi connectivity index (χ2n) is 17.8. The van der Waals surface area contributed by atoms with E-state index >= 15 is 0 Å². The number of esters is 3. The zero-order chi connectivity index (χ0) is 41.2. The van der Waals surface area contributed by atoms with E-state index in [0.29, 0.717) is 19.3 Å². The Kier molecular flexibility index (Phi) is 41.8. The molecule has 332 valence electrons. The predicted octanol–water partition coefficient (Wildman–Crippen LogP) is 15.8. The van der Waals surface area contributed by atoms with Gasteiger partial charge >= 0.3 is 17.9 Å². The largest absolute Gasteiger partial charge is 0.462 e. The Morgan fingerprint density at radius 2 is 0.679 bits per heavy atom. The van der Waals surface area contributed by atoms with Crippen LogP contribution in [0.1, 0.15) is 272 Å². The third-order valence-corrected chi connectivity index (χ3v) is 11.6. The highest BCUT2D eigenvalue weighted by Crippen LogP contribution is 2.17. The van der Waals surface area contributed by atoms with E-state index < -0.39 is 6.10 Å². The minimum Gasteiger partial charge on any atom is -0.462 e. The molecule has 0 saturated heterocycles. The van der Waals surface area contributed by atoms with Crippen molar-refractivity contribution in [2.45, 2.75) is 278 Å². The third kappa shape index (κ3) is 42.0. The van der Waals surface area contributed by atoms with E-state index in [9.17, 15) is 14.4 Å². The second kappa shape index (κ2) is 43.0. The SMILES string of the molecule is CCCCCCCCCCCCCCCC(=O)OC[C@@H](COC(=O)CCCCCCCCCCCCC(C)CC)OC(=O)CCCCCCCCCCC(C)C. The standard InChI is InChI=1S/C50H96O6/c1-6-8-9-10-11-12-13-14-15-19-25-30-35-40-48(51)54-43-47(56-50(53)42-37-32-27-22-21-23-28-33-38-45(3)4)44-55-49(52)41-36-31-26-20-17-16-18-24-29-34-39-46(5)7-2/h45-47H,6-44H2,1-5H3/t46?,47-/m0/s1. The summed E-state index contributed by atoms with van der Waals surface area (Å²) in [7, 11) is 0. The van der Waals surface area contributed by atoms with Gasteiger partial charge in [0.2, 0.25) is 0 Å². The van der Waals surface area contributed by atoms with Crippen molar-refractivity contribution in [1.29, 1.82) is 0 Å². The summed E-state index contributed by atoms with van der Waals surface area (Å²) in [6.07, 6.45) is 42.2. The normalized spacial score (nSPS) is 12.5. The van der Waals surface area contributed by atoms with E-state index in [2.05, 4.69) is 34.6 Å². The van der Waals surface area contributed by atoms with Crippen molar-refractivity contribution in [1.82, 2.24) is 0 Å². The minimum absolute atomic E-state index is 0.0645. The Balaban J connectivity index is 4.32. The summed E-state index contributed by atoms with van der Waals surface area (Å²) < 4.78 is 16.8. The molecule has 0 heterocycles. The van der Waals surface area contributed by atoms with Crippen molar-refractivity contribution in [3.8, 4) is 0 Å². The lowest BCUT2D eigenvalue weighted by atomic mass is 9.99. The van der Waals surface area contributed by atoms with E-state index in [4.69, 9.17) is 14.2 Å². The first-order valence-electron chi connectivity index (χ1n) is 24.8. The highest BCUT2D eigenvalue weighted by Gasteiger charge is 2.19. The molecule has 0 aliphatic carbocycles. The lowest BCUT2D eigenvalue weighted by Crippen LogP contribution is -2.30. The van der Waals surface area contributed by atoms with Gasteiger partial charge in [0.25, 0.3) is 0 Å². The van der Waals surface area contributed by atoms with E-state index in [1.807, 2.05) is 0 Å². The monoisotopic (exact) mass is 793 g/mol. The maximum absolute atomic E-state index is 12.7. The molecule has 56 heavy (non-hydrogen) atoms. The molecule has 0 aromatic heterocycles. The number of hydrogen-bond acceptors (Lipinski definition) is 6. The quantitative estimate of drug-likeness (QED) is 0.0347. The van der Waals surface area contributed by atoms with Crippen molar-refractivity contribution in [3.05, 3.63) is 0 Å². The summed E-state index contributed by atoms with van der Waals surface area (Å²) in [6.45, 7) is 11.3. The Morgan fingerprint density at radius 3 is 1.02 bits per heavy atom. The first-order valence-corrected chi connectivity index (χ1v) is 24.8. The summed E-state index contributed by atoms with van der Waals surface area (Å²) in [5.74, 6) is 0.810. The summed E-state index contributed by atoms with van der Waals surface area (Å²) in [4.78, 5) is 37.8. The fourth-order valence-corrected chi connectivity index (χ4v) is 7.43. The second-order valence-corrected chi connectivity index (χ2v) is 17.8. The number of ether oxygens (including phenoxy) is 3. The first-order chi connectivity index (χ1) is 27.3. The van der Waals surface area contributed by atoms with E-state index in [-0.39, 0.29) is 31.1 Å². The molecule has 6 heteroatoms. The molecule has 0 aromatic carbocycles. The van der Waals surface area contributed by atoms with Crippen LogP contribution < -0.4 is 0 Å². The molecule has 0 aliphatic heterocycles. The van der Waals surface area contributed by atoms with Gasteiger partial charge in [-0.25, -0.2) is 0 Å². The van der Waals surface area contributed by atoms with Crippen LogP contribution in [0.2, 0.25) is 0 Å². The highest BCUT2D eigenvalue weighted by molar-refractivity contribution is 5.71. The maximum atomic E-state index is 12.7. The Labute approximate surface area is 348 Å². The minimum atomic E-state index is -0.761. The fraction of sp³-hybridized carbons (Fsp3) is 0.940. The molecule has 0 N–H and O–H groups in total. The molecule has 0 rings (SSSR count). The van der Waals surface area contributed by atoms with E-state index in [1.54, 1.807) is 0 Å². The molecular formula is C50H96O6. The van der Waals surface area contributed by atoms with Gasteiger partial charge in [0.15, 0.2) is 6.10 Å². The molecular weight excluding hydrogens is 697 g/mol. The number of carbonyl (C=O) groups is 3.